The Morgan fingerprint density at radius 3 is 1.70 bits per heavy atom. The number of hydrogen-bond acceptors (Lipinski definition) is 8. The minimum Gasteiger partial charge on any atom is -0.457 e. The number of carbonyl (C=O) groups excluding carboxylic acids is 4. The first-order valence-corrected chi connectivity index (χ1v) is 10.4. The largest absolute Gasteiger partial charge is 0.457 e. The van der Waals surface area contributed by atoms with Gasteiger partial charge in [0.2, 0.25) is 0 Å². The van der Waals surface area contributed by atoms with Crippen LogP contribution in [-0.4, -0.2) is 61.2 Å². The van der Waals surface area contributed by atoms with Crippen LogP contribution in [0.5, 0.6) is 5.75 Å². The fourth-order valence-electron chi connectivity index (χ4n) is 2.18. The summed E-state index contributed by atoms with van der Waals surface area (Å²) < 4.78 is 20.6. The third-order valence-corrected chi connectivity index (χ3v) is 3.37. The summed E-state index contributed by atoms with van der Waals surface area (Å²) in [4.78, 5) is 47.8. The van der Waals surface area contributed by atoms with Crippen LogP contribution >= 0.6 is 0 Å². The monoisotopic (exact) mass is 467 g/mol. The van der Waals surface area contributed by atoms with Crippen molar-refractivity contribution in [1.82, 2.24) is 16.0 Å². The minimum atomic E-state index is -0.954. The lowest BCUT2D eigenvalue weighted by Gasteiger charge is -2.23. The molecule has 0 aliphatic carbocycles. The van der Waals surface area contributed by atoms with E-state index in [-0.39, 0.29) is 13.1 Å². The number of amides is 3. The standard InChI is InChI=1S/C22H33N3O8/c1-21(2,3)32-19(28)23-12-16(13-24-20(29)33-22(4,5)6)30-17(26)14-25-18(27)31-15-10-8-7-9-11-15/h7-11,16H,12-14H2,1-6H3,(H,23,28)(H,24,29)(H,25,27). The van der Waals surface area contributed by atoms with Crippen molar-refractivity contribution in [3.63, 3.8) is 0 Å². The van der Waals surface area contributed by atoms with Gasteiger partial charge >= 0.3 is 24.2 Å². The number of rotatable bonds is 8. The number of esters is 1. The lowest BCUT2D eigenvalue weighted by atomic mass is 10.2. The Hall–Kier alpha value is -3.50. The number of ether oxygens (including phenoxy) is 4. The number of carbonyl (C=O) groups is 4. The van der Waals surface area contributed by atoms with Gasteiger partial charge in [-0.3, -0.25) is 4.79 Å². The Bertz CT molecular complexity index is 768. The third-order valence-electron chi connectivity index (χ3n) is 3.37. The van der Waals surface area contributed by atoms with Crippen LogP contribution in [0.25, 0.3) is 0 Å². The van der Waals surface area contributed by atoms with E-state index >= 15 is 0 Å². The molecule has 0 heterocycles. The Morgan fingerprint density at radius 2 is 1.24 bits per heavy atom. The summed E-state index contributed by atoms with van der Waals surface area (Å²) in [6.07, 6.45) is -3.23. The molecule has 0 aliphatic rings. The highest BCUT2D eigenvalue weighted by Crippen LogP contribution is 2.09. The molecule has 0 atom stereocenters. The first kappa shape index (κ1) is 27.5. The quantitative estimate of drug-likeness (QED) is 0.391. The molecule has 0 unspecified atom stereocenters. The normalized spacial score (nSPS) is 11.2. The third kappa shape index (κ3) is 14.2. The molecular formula is C22H33N3O8. The van der Waals surface area contributed by atoms with Crippen molar-refractivity contribution in [2.45, 2.75) is 58.8 Å². The van der Waals surface area contributed by atoms with Crippen molar-refractivity contribution in [2.24, 2.45) is 0 Å². The maximum absolute atomic E-state index is 12.2. The first-order valence-electron chi connectivity index (χ1n) is 10.4. The maximum atomic E-state index is 12.2. The summed E-state index contributed by atoms with van der Waals surface area (Å²) in [6, 6.07) is 8.31. The number of para-hydroxylation sites is 1. The second kappa shape index (κ2) is 12.5. The van der Waals surface area contributed by atoms with Gasteiger partial charge in [-0.2, -0.15) is 0 Å². The van der Waals surface area contributed by atoms with Gasteiger partial charge in [0.15, 0.2) is 0 Å². The SMILES string of the molecule is CC(C)(C)OC(=O)NCC(CNC(=O)OC(C)(C)C)OC(=O)CNC(=O)Oc1ccccc1. The Kier molecular flexibility index (Phi) is 10.4. The molecule has 1 aromatic carbocycles. The van der Waals surface area contributed by atoms with E-state index in [1.165, 1.54) is 0 Å². The van der Waals surface area contributed by atoms with E-state index in [1.54, 1.807) is 71.9 Å². The van der Waals surface area contributed by atoms with Gasteiger partial charge in [0.25, 0.3) is 0 Å². The van der Waals surface area contributed by atoms with Gasteiger partial charge in [-0.25, -0.2) is 14.4 Å². The molecule has 1 aromatic rings. The van der Waals surface area contributed by atoms with Crippen molar-refractivity contribution in [1.29, 1.82) is 0 Å². The van der Waals surface area contributed by atoms with Gasteiger partial charge < -0.3 is 34.9 Å². The second-order valence-corrected chi connectivity index (χ2v) is 8.93. The van der Waals surface area contributed by atoms with E-state index in [4.69, 9.17) is 18.9 Å². The number of alkyl carbamates (subject to hydrolysis) is 2. The van der Waals surface area contributed by atoms with E-state index in [1.807, 2.05) is 0 Å². The van der Waals surface area contributed by atoms with Gasteiger partial charge in [-0.15, -0.1) is 0 Å². The van der Waals surface area contributed by atoms with Gasteiger partial charge in [0.05, 0.1) is 13.1 Å². The Balaban J connectivity index is 2.59. The summed E-state index contributed by atoms with van der Waals surface area (Å²) >= 11 is 0. The van der Waals surface area contributed by atoms with E-state index in [2.05, 4.69) is 16.0 Å². The highest BCUT2D eigenvalue weighted by Gasteiger charge is 2.22. The molecule has 0 radical (unpaired) electrons. The molecule has 0 bridgehead atoms. The highest BCUT2D eigenvalue weighted by molar-refractivity contribution is 5.79. The number of hydrogen-bond donors (Lipinski definition) is 3. The summed E-state index contributed by atoms with van der Waals surface area (Å²) in [5.74, 6) is -0.494. The molecule has 0 aliphatic heterocycles. The second-order valence-electron chi connectivity index (χ2n) is 8.93. The molecule has 3 amide bonds. The molecule has 0 spiro atoms. The lowest BCUT2D eigenvalue weighted by Crippen LogP contribution is -2.46. The molecular weight excluding hydrogens is 434 g/mol. The number of benzene rings is 1. The zero-order chi connectivity index (χ0) is 25.1. The van der Waals surface area contributed by atoms with Gasteiger partial charge in [0, 0.05) is 0 Å². The summed E-state index contributed by atoms with van der Waals surface area (Å²) in [5.41, 5.74) is -1.43. The van der Waals surface area contributed by atoms with Crippen LogP contribution in [0, 0.1) is 0 Å². The fourth-order valence-corrected chi connectivity index (χ4v) is 2.18. The van der Waals surface area contributed by atoms with Crippen LogP contribution in [0.4, 0.5) is 14.4 Å². The van der Waals surface area contributed by atoms with E-state index < -0.39 is 48.1 Å². The molecule has 1 rings (SSSR count). The molecule has 11 nitrogen and oxygen atoms in total. The van der Waals surface area contributed by atoms with Gasteiger partial charge in [-0.05, 0) is 53.7 Å². The lowest BCUT2D eigenvalue weighted by molar-refractivity contribution is -0.147. The fraction of sp³-hybridized carbons (Fsp3) is 0.545. The minimum absolute atomic E-state index is 0.148. The van der Waals surface area contributed by atoms with Gasteiger partial charge in [-0.1, -0.05) is 18.2 Å². The summed E-state index contributed by atoms with van der Waals surface area (Å²) in [7, 11) is 0. The molecule has 3 N–H and O–H groups in total. The van der Waals surface area contributed by atoms with Crippen molar-refractivity contribution >= 4 is 24.2 Å². The zero-order valence-corrected chi connectivity index (χ0v) is 19.9. The van der Waals surface area contributed by atoms with Crippen molar-refractivity contribution < 1.29 is 38.1 Å². The predicted octanol–water partition coefficient (Wildman–Crippen LogP) is 2.74. The Morgan fingerprint density at radius 1 is 0.758 bits per heavy atom. The van der Waals surface area contributed by atoms with Crippen molar-refractivity contribution in [2.75, 3.05) is 19.6 Å². The molecule has 0 fully saturated rings. The molecule has 11 heteroatoms. The summed E-state index contributed by atoms with van der Waals surface area (Å²) in [5, 5.41) is 7.21. The molecule has 0 saturated heterocycles. The molecule has 0 aromatic heterocycles. The predicted molar refractivity (Wildman–Crippen MR) is 119 cm³/mol. The molecule has 33 heavy (non-hydrogen) atoms. The molecule has 0 saturated carbocycles. The van der Waals surface area contributed by atoms with Gasteiger partial charge in [0.1, 0.15) is 29.6 Å². The topological polar surface area (TPSA) is 141 Å². The van der Waals surface area contributed by atoms with E-state index in [9.17, 15) is 19.2 Å². The van der Waals surface area contributed by atoms with E-state index in [0.29, 0.717) is 5.75 Å². The average Bonchev–Trinajstić information content (AvgIpc) is 2.66. The van der Waals surface area contributed by atoms with E-state index in [0.717, 1.165) is 0 Å². The van der Waals surface area contributed by atoms with Crippen molar-refractivity contribution in [3.05, 3.63) is 30.3 Å². The van der Waals surface area contributed by atoms with Crippen LogP contribution in [0.3, 0.4) is 0 Å². The number of nitrogens with one attached hydrogen (secondary N) is 3. The smallest absolute Gasteiger partial charge is 0.413 e. The first-order chi connectivity index (χ1) is 15.2. The average molecular weight is 468 g/mol. The van der Waals surface area contributed by atoms with Crippen LogP contribution in [-0.2, 0) is 19.0 Å². The van der Waals surface area contributed by atoms with Crippen LogP contribution in [0.2, 0.25) is 0 Å². The van der Waals surface area contributed by atoms with Crippen LogP contribution in [0.15, 0.2) is 30.3 Å². The van der Waals surface area contributed by atoms with Crippen LogP contribution < -0.4 is 20.7 Å². The Labute approximate surface area is 193 Å². The highest BCUT2D eigenvalue weighted by atomic mass is 16.6. The molecule has 184 valence electrons. The summed E-state index contributed by atoms with van der Waals surface area (Å²) in [6.45, 7) is 9.44. The maximum Gasteiger partial charge on any atom is 0.413 e. The zero-order valence-electron chi connectivity index (χ0n) is 19.9. The van der Waals surface area contributed by atoms with Crippen molar-refractivity contribution in [3.8, 4) is 5.75 Å². The van der Waals surface area contributed by atoms with Crippen LogP contribution in [0.1, 0.15) is 41.5 Å².